The van der Waals surface area contributed by atoms with Gasteiger partial charge in [-0.05, 0) is 53.4 Å². The van der Waals surface area contributed by atoms with Crippen LogP contribution in [0.15, 0.2) is 84.2 Å². The number of anilines is 1. The van der Waals surface area contributed by atoms with Crippen LogP contribution in [0.25, 0.3) is 10.8 Å². The van der Waals surface area contributed by atoms with E-state index in [1.165, 1.54) is 0 Å². The summed E-state index contributed by atoms with van der Waals surface area (Å²) in [4.78, 5) is 17.4. The smallest absolute Gasteiger partial charge is 0.248 e. The van der Waals surface area contributed by atoms with Crippen molar-refractivity contribution in [2.24, 2.45) is 5.92 Å². The molecule has 2 N–H and O–H groups in total. The zero-order valence-electron chi connectivity index (χ0n) is 19.3. The van der Waals surface area contributed by atoms with Gasteiger partial charge in [-0.2, -0.15) is 0 Å². The molecule has 3 aromatic rings. The number of allylic oxidation sites excluding steroid dienone is 4. The Labute approximate surface area is 203 Å². The van der Waals surface area contributed by atoms with Gasteiger partial charge in [-0.3, -0.25) is 4.79 Å². The first-order valence-corrected chi connectivity index (χ1v) is 11.3. The van der Waals surface area contributed by atoms with Crippen molar-refractivity contribution in [2.75, 3.05) is 19.5 Å². The highest BCUT2D eigenvalue weighted by Crippen LogP contribution is 2.28. The van der Waals surface area contributed by atoms with Gasteiger partial charge in [0.05, 0.1) is 14.2 Å². The van der Waals surface area contributed by atoms with E-state index in [4.69, 9.17) is 21.1 Å². The first kappa shape index (κ1) is 23.4. The van der Waals surface area contributed by atoms with Crippen LogP contribution in [0, 0.1) is 5.92 Å². The molecular formula is C27H26ClN3O3. The van der Waals surface area contributed by atoms with Gasteiger partial charge in [-0.1, -0.05) is 42.8 Å². The summed E-state index contributed by atoms with van der Waals surface area (Å²) in [6.45, 7) is 2.37. The number of hydrogen-bond acceptors (Lipinski definition) is 5. The summed E-state index contributed by atoms with van der Waals surface area (Å²) in [6.07, 6.45) is 9.43. The number of ether oxygens (including phenoxy) is 2. The van der Waals surface area contributed by atoms with E-state index in [2.05, 4.69) is 15.6 Å². The summed E-state index contributed by atoms with van der Waals surface area (Å²) < 4.78 is 10.6. The van der Waals surface area contributed by atoms with E-state index in [0.717, 1.165) is 22.0 Å². The number of carbonyl (C=O) groups is 1. The number of aromatic nitrogens is 1. The van der Waals surface area contributed by atoms with Crippen molar-refractivity contribution in [1.29, 1.82) is 0 Å². The summed E-state index contributed by atoms with van der Waals surface area (Å²) in [5, 5.41) is 8.97. The predicted octanol–water partition coefficient (Wildman–Crippen LogP) is 5.65. The average molecular weight is 476 g/mol. The van der Waals surface area contributed by atoms with Crippen molar-refractivity contribution in [2.45, 2.75) is 13.5 Å². The van der Waals surface area contributed by atoms with Crippen molar-refractivity contribution >= 4 is 34.1 Å². The summed E-state index contributed by atoms with van der Waals surface area (Å²) in [6, 6.07) is 13.2. The number of hydrogen-bond donors (Lipinski definition) is 2. The van der Waals surface area contributed by atoms with Gasteiger partial charge in [-0.25, -0.2) is 4.98 Å². The zero-order valence-corrected chi connectivity index (χ0v) is 20.0. The van der Waals surface area contributed by atoms with Crippen molar-refractivity contribution < 1.29 is 14.3 Å². The topological polar surface area (TPSA) is 72.5 Å². The molecule has 6 nitrogen and oxygen atoms in total. The predicted molar refractivity (Wildman–Crippen MR) is 136 cm³/mol. The molecule has 174 valence electrons. The minimum atomic E-state index is -0.125. The lowest BCUT2D eigenvalue weighted by Gasteiger charge is -2.13. The summed E-state index contributed by atoms with van der Waals surface area (Å²) in [5.74, 6) is 1.80. The first-order valence-electron chi connectivity index (χ1n) is 10.9. The number of fused-ring (bicyclic) bond motifs is 1. The Morgan fingerprint density at radius 1 is 1.06 bits per heavy atom. The van der Waals surface area contributed by atoms with E-state index in [0.29, 0.717) is 34.5 Å². The minimum Gasteiger partial charge on any atom is -0.493 e. The van der Waals surface area contributed by atoms with Crippen LogP contribution in [0.3, 0.4) is 0 Å². The Hall–Kier alpha value is -3.77. The molecule has 7 heteroatoms. The molecule has 0 aliphatic heterocycles. The molecule has 1 amide bonds. The number of methoxy groups -OCH3 is 2. The van der Waals surface area contributed by atoms with E-state index < -0.39 is 0 Å². The maximum absolute atomic E-state index is 12.9. The largest absolute Gasteiger partial charge is 0.493 e. The van der Waals surface area contributed by atoms with Crippen LogP contribution in [0.2, 0.25) is 5.02 Å². The standard InChI is InChI=1S/C27H26ClN3O3/c1-17-4-8-21(31-26-23-15-20(28)7-6-19(23)12-13-29-26)9-10-22(17)27(32)30-16-18-5-11-24(33-2)25(14-18)34-3/h4-15,17H,16H2,1-3H3,(H,29,31)(H,30,32)/t17-/m0/s1. The Morgan fingerprint density at radius 2 is 1.88 bits per heavy atom. The lowest BCUT2D eigenvalue weighted by atomic mass is 10.0. The van der Waals surface area contributed by atoms with Crippen molar-refractivity contribution in [1.82, 2.24) is 10.3 Å². The Kier molecular flexibility index (Phi) is 7.18. The number of rotatable bonds is 7. The molecule has 0 saturated carbocycles. The number of benzene rings is 2. The average Bonchev–Trinajstić information content (AvgIpc) is 3.04. The van der Waals surface area contributed by atoms with E-state index in [9.17, 15) is 4.79 Å². The molecule has 2 aromatic carbocycles. The van der Waals surface area contributed by atoms with Crippen LogP contribution in [0.1, 0.15) is 12.5 Å². The van der Waals surface area contributed by atoms with E-state index in [-0.39, 0.29) is 11.8 Å². The number of pyridine rings is 1. The Bertz CT molecular complexity index is 1310. The third-order valence-corrected chi connectivity index (χ3v) is 5.89. The van der Waals surface area contributed by atoms with Crippen LogP contribution < -0.4 is 20.1 Å². The molecule has 1 atom stereocenters. The fraction of sp³-hybridized carbons (Fsp3) is 0.185. The molecule has 0 saturated heterocycles. The summed E-state index contributed by atoms with van der Waals surface area (Å²) >= 11 is 6.19. The molecule has 1 aliphatic rings. The maximum atomic E-state index is 12.9. The van der Waals surface area contributed by atoms with Crippen LogP contribution >= 0.6 is 11.6 Å². The normalized spacial score (nSPS) is 15.2. The van der Waals surface area contributed by atoms with Gasteiger partial charge in [0.1, 0.15) is 5.82 Å². The number of nitrogens with zero attached hydrogens (tertiary/aromatic N) is 1. The maximum Gasteiger partial charge on any atom is 0.248 e. The van der Waals surface area contributed by atoms with Crippen molar-refractivity contribution in [3.05, 3.63) is 94.8 Å². The fourth-order valence-corrected chi connectivity index (χ4v) is 3.93. The summed E-state index contributed by atoms with van der Waals surface area (Å²) in [7, 11) is 3.18. The molecule has 0 unspecified atom stereocenters. The number of halogens is 1. The molecule has 0 radical (unpaired) electrons. The van der Waals surface area contributed by atoms with Crippen LogP contribution in [-0.2, 0) is 11.3 Å². The zero-order chi connectivity index (χ0) is 24.1. The third-order valence-electron chi connectivity index (χ3n) is 5.65. The number of carbonyl (C=O) groups excluding carboxylic acids is 1. The lowest BCUT2D eigenvalue weighted by Crippen LogP contribution is -2.26. The third kappa shape index (κ3) is 5.24. The second-order valence-corrected chi connectivity index (χ2v) is 8.35. The molecule has 1 aromatic heterocycles. The highest BCUT2D eigenvalue weighted by atomic mass is 35.5. The Balaban J connectivity index is 1.49. The molecule has 0 bridgehead atoms. The first-order chi connectivity index (χ1) is 16.5. The molecule has 0 fully saturated rings. The van der Waals surface area contributed by atoms with Crippen molar-refractivity contribution in [3.63, 3.8) is 0 Å². The molecule has 4 rings (SSSR count). The molecule has 1 aliphatic carbocycles. The van der Waals surface area contributed by atoms with Gasteiger partial charge in [0, 0.05) is 40.3 Å². The molecular weight excluding hydrogens is 450 g/mol. The van der Waals surface area contributed by atoms with Gasteiger partial charge in [0.15, 0.2) is 11.5 Å². The van der Waals surface area contributed by atoms with E-state index in [1.54, 1.807) is 20.4 Å². The minimum absolute atomic E-state index is 0.0594. The number of nitrogens with one attached hydrogen (secondary N) is 2. The van der Waals surface area contributed by atoms with Gasteiger partial charge in [0.2, 0.25) is 5.91 Å². The second-order valence-electron chi connectivity index (χ2n) is 7.91. The van der Waals surface area contributed by atoms with E-state index >= 15 is 0 Å². The molecule has 0 spiro atoms. The quantitative estimate of drug-likeness (QED) is 0.462. The lowest BCUT2D eigenvalue weighted by molar-refractivity contribution is -0.118. The van der Waals surface area contributed by atoms with Crippen LogP contribution in [0.5, 0.6) is 11.5 Å². The summed E-state index contributed by atoms with van der Waals surface area (Å²) in [5.41, 5.74) is 2.42. The van der Waals surface area contributed by atoms with Crippen LogP contribution in [0.4, 0.5) is 5.82 Å². The fourth-order valence-electron chi connectivity index (χ4n) is 3.76. The SMILES string of the molecule is COc1ccc(CNC(=O)C2=CC=C(Nc3nccc4ccc(Cl)cc34)C=C[C@@H]2C)cc1OC. The highest BCUT2D eigenvalue weighted by molar-refractivity contribution is 6.31. The van der Waals surface area contributed by atoms with Gasteiger partial charge >= 0.3 is 0 Å². The molecule has 1 heterocycles. The second kappa shape index (κ2) is 10.4. The van der Waals surface area contributed by atoms with Crippen LogP contribution in [-0.4, -0.2) is 25.1 Å². The van der Waals surface area contributed by atoms with Gasteiger partial charge in [-0.15, -0.1) is 0 Å². The Morgan fingerprint density at radius 3 is 2.68 bits per heavy atom. The number of amides is 1. The van der Waals surface area contributed by atoms with Gasteiger partial charge in [0.25, 0.3) is 0 Å². The molecule has 34 heavy (non-hydrogen) atoms. The van der Waals surface area contributed by atoms with E-state index in [1.807, 2.05) is 73.7 Å². The monoisotopic (exact) mass is 475 g/mol. The van der Waals surface area contributed by atoms with Crippen molar-refractivity contribution in [3.8, 4) is 11.5 Å². The highest BCUT2D eigenvalue weighted by Gasteiger charge is 2.17. The van der Waals surface area contributed by atoms with Gasteiger partial charge < -0.3 is 20.1 Å².